The van der Waals surface area contributed by atoms with E-state index in [1.54, 1.807) is 0 Å². The number of nitrogens with one attached hydrogen (secondary N) is 1. The lowest BCUT2D eigenvalue weighted by Crippen LogP contribution is -2.45. The van der Waals surface area contributed by atoms with Gasteiger partial charge < -0.3 is 19.7 Å². The Bertz CT molecular complexity index is 1590. The monoisotopic (exact) mass is 660 g/mol. The van der Waals surface area contributed by atoms with Crippen LogP contribution in [0.2, 0.25) is 0 Å². The van der Waals surface area contributed by atoms with Crippen molar-refractivity contribution in [2.45, 2.75) is 44.7 Å². The van der Waals surface area contributed by atoms with Crippen LogP contribution in [-0.4, -0.2) is 73.8 Å². The number of carbonyl (C=O) groups excluding carboxylic acids is 2. The molecule has 256 valence electrons. The summed E-state index contributed by atoms with van der Waals surface area (Å²) in [4.78, 5) is 33.9. The molecule has 2 fully saturated rings. The highest BCUT2D eigenvalue weighted by atomic mass is 16.5. The minimum Gasteiger partial charge on any atom is -0.492 e. The zero-order chi connectivity index (χ0) is 33.7. The van der Waals surface area contributed by atoms with E-state index in [4.69, 9.17) is 9.47 Å². The molecule has 1 aliphatic carbocycles. The lowest BCUT2D eigenvalue weighted by atomic mass is 9.84. The van der Waals surface area contributed by atoms with Gasteiger partial charge in [-0.1, -0.05) is 84.9 Å². The summed E-state index contributed by atoms with van der Waals surface area (Å²) in [6.07, 6.45) is 4.05. The van der Waals surface area contributed by atoms with Crippen molar-refractivity contribution >= 4 is 23.3 Å². The fraction of sp³-hybridized carbons (Fsp3) is 0.366. The Morgan fingerprint density at radius 3 is 2.12 bits per heavy atom. The molecule has 0 aromatic heterocycles. The van der Waals surface area contributed by atoms with Gasteiger partial charge in [0.05, 0.1) is 19.6 Å². The number of rotatable bonds is 13. The molecule has 1 N–H and O–H groups in total. The van der Waals surface area contributed by atoms with E-state index in [-0.39, 0.29) is 18.0 Å². The summed E-state index contributed by atoms with van der Waals surface area (Å²) in [5.41, 5.74) is 3.74. The second kappa shape index (κ2) is 17.7. The zero-order valence-electron chi connectivity index (χ0n) is 28.3. The second-order valence-electron chi connectivity index (χ2n) is 13.1. The minimum atomic E-state index is -0.164. The number of anilines is 2. The molecule has 8 nitrogen and oxygen atoms in total. The van der Waals surface area contributed by atoms with Crippen molar-refractivity contribution in [2.75, 3.05) is 56.2 Å². The third-order valence-electron chi connectivity index (χ3n) is 9.59. The summed E-state index contributed by atoms with van der Waals surface area (Å²) in [6.45, 7) is 5.96. The van der Waals surface area contributed by atoms with Crippen molar-refractivity contribution in [3.63, 3.8) is 0 Å². The first-order valence-electron chi connectivity index (χ1n) is 17.6. The van der Waals surface area contributed by atoms with Gasteiger partial charge in [-0.05, 0) is 67.0 Å². The Morgan fingerprint density at radius 1 is 0.776 bits per heavy atom. The smallest absolute Gasteiger partial charge is 0.326 e. The fourth-order valence-electron chi connectivity index (χ4n) is 6.85. The Balaban J connectivity index is 1.13. The van der Waals surface area contributed by atoms with E-state index in [2.05, 4.69) is 27.2 Å². The van der Waals surface area contributed by atoms with E-state index in [0.717, 1.165) is 86.8 Å². The Morgan fingerprint density at radius 2 is 1.43 bits per heavy atom. The van der Waals surface area contributed by atoms with Gasteiger partial charge in [0.15, 0.2) is 0 Å². The van der Waals surface area contributed by atoms with Gasteiger partial charge in [0.1, 0.15) is 12.4 Å². The summed E-state index contributed by atoms with van der Waals surface area (Å²) in [5, 5.41) is 3.10. The number of hydrogen-bond acceptors (Lipinski definition) is 5. The maximum absolute atomic E-state index is 13.9. The number of para-hydroxylation sites is 1. The molecule has 4 aromatic carbocycles. The summed E-state index contributed by atoms with van der Waals surface area (Å²) in [6, 6.07) is 37.7. The first-order chi connectivity index (χ1) is 24.1. The van der Waals surface area contributed by atoms with Crippen LogP contribution < -0.4 is 15.0 Å². The molecule has 0 atom stereocenters. The highest BCUT2D eigenvalue weighted by Crippen LogP contribution is 2.32. The van der Waals surface area contributed by atoms with E-state index in [1.165, 1.54) is 0 Å². The van der Waals surface area contributed by atoms with Gasteiger partial charge in [-0.3, -0.25) is 14.6 Å². The van der Waals surface area contributed by atoms with E-state index in [0.29, 0.717) is 32.0 Å². The molecule has 6 rings (SSSR count). The van der Waals surface area contributed by atoms with Crippen molar-refractivity contribution in [3.05, 3.63) is 126 Å². The Labute approximate surface area is 290 Å². The van der Waals surface area contributed by atoms with Crippen molar-refractivity contribution in [3.8, 4) is 5.75 Å². The summed E-state index contributed by atoms with van der Waals surface area (Å²) in [5.74, 6) is 1.21. The van der Waals surface area contributed by atoms with Gasteiger partial charge in [-0.25, -0.2) is 4.79 Å². The van der Waals surface area contributed by atoms with Gasteiger partial charge in [-0.2, -0.15) is 0 Å². The highest BCUT2D eigenvalue weighted by Gasteiger charge is 2.31. The molecule has 0 spiro atoms. The number of nitrogens with zero attached hydrogens (tertiary/aromatic N) is 3. The van der Waals surface area contributed by atoms with E-state index >= 15 is 0 Å². The van der Waals surface area contributed by atoms with Crippen LogP contribution in [0.25, 0.3) is 0 Å². The number of urea groups is 1. The SMILES string of the molecule is O=C(Nc1ccccc1)N(CC1CCC(N(Cc2ccccc2)C(=O)Cc2ccccc2)CC1)c1cccc(OCCN2CCOCC2)c1. The molecule has 49 heavy (non-hydrogen) atoms. The molecule has 4 aromatic rings. The van der Waals surface area contributed by atoms with Crippen molar-refractivity contribution < 1.29 is 19.1 Å². The summed E-state index contributed by atoms with van der Waals surface area (Å²) < 4.78 is 11.6. The first kappa shape index (κ1) is 34.2. The van der Waals surface area contributed by atoms with Gasteiger partial charge >= 0.3 is 6.03 Å². The van der Waals surface area contributed by atoms with Crippen LogP contribution in [0.5, 0.6) is 5.75 Å². The van der Waals surface area contributed by atoms with Crippen molar-refractivity contribution in [1.29, 1.82) is 0 Å². The summed E-state index contributed by atoms with van der Waals surface area (Å²) >= 11 is 0. The molecule has 3 amide bonds. The molecular formula is C41H48N4O4. The lowest BCUT2D eigenvalue weighted by Gasteiger charge is -2.38. The molecule has 1 heterocycles. The van der Waals surface area contributed by atoms with Gasteiger partial charge in [0, 0.05) is 56.2 Å². The molecule has 8 heteroatoms. The van der Waals surface area contributed by atoms with E-state index < -0.39 is 0 Å². The van der Waals surface area contributed by atoms with E-state index in [9.17, 15) is 9.59 Å². The largest absolute Gasteiger partial charge is 0.492 e. The number of carbonyl (C=O) groups is 2. The van der Waals surface area contributed by atoms with Gasteiger partial charge in [0.2, 0.25) is 5.91 Å². The van der Waals surface area contributed by atoms with Crippen molar-refractivity contribution in [2.24, 2.45) is 5.92 Å². The first-order valence-corrected chi connectivity index (χ1v) is 17.6. The molecule has 1 saturated heterocycles. The average Bonchev–Trinajstić information content (AvgIpc) is 3.15. The molecule has 1 aliphatic heterocycles. The fourth-order valence-corrected chi connectivity index (χ4v) is 6.85. The Kier molecular flexibility index (Phi) is 12.3. The van der Waals surface area contributed by atoms with Gasteiger partial charge in [-0.15, -0.1) is 0 Å². The number of amides is 3. The average molecular weight is 661 g/mol. The standard InChI is InChI=1S/C41H48N4O4/c46-40(29-33-11-4-1-5-12-33)44(31-34-13-6-2-7-14-34)37-21-19-35(20-22-37)32-45(41(47)42-36-15-8-3-9-16-36)38-17-10-18-39(30-38)49-28-25-43-23-26-48-27-24-43/h1-18,30,35,37H,19-29,31-32H2,(H,42,47). The topological polar surface area (TPSA) is 74.4 Å². The third kappa shape index (κ3) is 10.2. The van der Waals surface area contributed by atoms with Crippen LogP contribution >= 0.6 is 0 Å². The predicted octanol–water partition coefficient (Wildman–Crippen LogP) is 7.27. The Hall–Kier alpha value is -4.66. The van der Waals surface area contributed by atoms with Crippen LogP contribution in [0.15, 0.2) is 115 Å². The number of ether oxygens (including phenoxy) is 2. The van der Waals surface area contributed by atoms with E-state index in [1.807, 2.05) is 108 Å². The molecule has 0 bridgehead atoms. The number of morpholine rings is 1. The maximum Gasteiger partial charge on any atom is 0.326 e. The van der Waals surface area contributed by atoms with Crippen LogP contribution in [0.4, 0.5) is 16.2 Å². The molecular weight excluding hydrogens is 612 g/mol. The lowest BCUT2D eigenvalue weighted by molar-refractivity contribution is -0.134. The molecule has 0 unspecified atom stereocenters. The molecule has 2 aliphatic rings. The van der Waals surface area contributed by atoms with Crippen LogP contribution in [0.1, 0.15) is 36.8 Å². The third-order valence-corrected chi connectivity index (χ3v) is 9.59. The summed E-state index contributed by atoms with van der Waals surface area (Å²) in [7, 11) is 0. The zero-order valence-corrected chi connectivity index (χ0v) is 28.3. The normalized spacial score (nSPS) is 18.0. The van der Waals surface area contributed by atoms with Crippen molar-refractivity contribution in [1.82, 2.24) is 9.80 Å². The highest BCUT2D eigenvalue weighted by molar-refractivity contribution is 6.01. The van der Waals surface area contributed by atoms with Crippen LogP contribution in [-0.2, 0) is 22.5 Å². The van der Waals surface area contributed by atoms with Crippen LogP contribution in [0.3, 0.4) is 0 Å². The molecule has 1 saturated carbocycles. The molecule has 0 radical (unpaired) electrons. The van der Waals surface area contributed by atoms with Gasteiger partial charge in [0.25, 0.3) is 0 Å². The quantitative estimate of drug-likeness (QED) is 0.163. The number of hydrogen-bond donors (Lipinski definition) is 1. The minimum absolute atomic E-state index is 0.155. The predicted molar refractivity (Wildman–Crippen MR) is 195 cm³/mol. The second-order valence-corrected chi connectivity index (χ2v) is 13.1. The number of benzene rings is 4. The van der Waals surface area contributed by atoms with Crippen LogP contribution in [0, 0.1) is 5.92 Å². The maximum atomic E-state index is 13.9.